The molecule has 0 aliphatic carbocycles. The van der Waals surface area contributed by atoms with E-state index in [1.807, 2.05) is 0 Å². The molecule has 0 bridgehead atoms. The van der Waals surface area contributed by atoms with Crippen LogP contribution in [-0.4, -0.2) is 8.42 Å². The van der Waals surface area contributed by atoms with Crippen molar-refractivity contribution in [3.8, 4) is 0 Å². The summed E-state index contributed by atoms with van der Waals surface area (Å²) in [4.78, 5) is 0.115. The van der Waals surface area contributed by atoms with E-state index in [0.29, 0.717) is 4.21 Å². The number of hydrogen-bond donors (Lipinski definition) is 1. The summed E-state index contributed by atoms with van der Waals surface area (Å²) in [5.41, 5.74) is 0. The molecule has 1 aromatic rings. The van der Waals surface area contributed by atoms with Crippen molar-refractivity contribution in [2.24, 2.45) is 0 Å². The minimum Gasteiger partial charge on any atom is -0.207 e. The molecule has 0 saturated carbocycles. The molecular formula is C4H3ClO2S3. The van der Waals surface area contributed by atoms with Crippen molar-refractivity contribution in [1.82, 2.24) is 0 Å². The van der Waals surface area contributed by atoms with Crippen LogP contribution < -0.4 is 0 Å². The Morgan fingerprint density at radius 1 is 1.60 bits per heavy atom. The lowest BCUT2D eigenvalue weighted by atomic mass is 10.7. The topological polar surface area (TPSA) is 34.1 Å². The Morgan fingerprint density at radius 3 is 2.40 bits per heavy atom. The number of hydrogen-bond acceptors (Lipinski definition) is 4. The minimum atomic E-state index is -3.55. The molecule has 1 aromatic heterocycles. The lowest BCUT2D eigenvalue weighted by Crippen LogP contribution is -1.84. The molecule has 0 atom stereocenters. The monoisotopic (exact) mass is 214 g/mol. The maximum Gasteiger partial charge on any atom is 0.262 e. The first-order valence-electron chi connectivity index (χ1n) is 2.22. The molecule has 0 aliphatic heterocycles. The third-order valence-electron chi connectivity index (χ3n) is 0.843. The van der Waals surface area contributed by atoms with Crippen molar-refractivity contribution in [1.29, 1.82) is 0 Å². The first-order chi connectivity index (χ1) is 4.50. The molecule has 10 heavy (non-hydrogen) atoms. The fourth-order valence-corrected chi connectivity index (χ4v) is 2.72. The molecule has 56 valence electrons. The molecule has 0 aliphatic rings. The molecule has 0 N–H and O–H groups in total. The van der Waals surface area contributed by atoms with E-state index in [4.69, 9.17) is 10.7 Å². The predicted octanol–water partition coefficient (Wildman–Crippen LogP) is 1.96. The van der Waals surface area contributed by atoms with Gasteiger partial charge in [0.15, 0.2) is 0 Å². The van der Waals surface area contributed by atoms with Crippen molar-refractivity contribution in [3.63, 3.8) is 0 Å². The van der Waals surface area contributed by atoms with Crippen LogP contribution in [0.4, 0.5) is 0 Å². The Labute approximate surface area is 72.7 Å². The van der Waals surface area contributed by atoms with Crippen LogP contribution in [0.3, 0.4) is 0 Å². The van der Waals surface area contributed by atoms with E-state index >= 15 is 0 Å². The summed E-state index contributed by atoms with van der Waals surface area (Å²) in [5.74, 6) is 0. The fraction of sp³-hybridized carbons (Fsp3) is 0. The van der Waals surface area contributed by atoms with E-state index in [2.05, 4.69) is 12.6 Å². The zero-order chi connectivity index (χ0) is 7.78. The molecule has 0 saturated heterocycles. The molecule has 1 rings (SSSR count). The molecule has 0 unspecified atom stereocenters. The molecule has 2 nitrogen and oxygen atoms in total. The van der Waals surface area contributed by atoms with Crippen LogP contribution in [0.15, 0.2) is 20.6 Å². The Hall–Kier alpha value is 0.290. The summed E-state index contributed by atoms with van der Waals surface area (Å²) in [6.45, 7) is 0. The lowest BCUT2D eigenvalue weighted by Gasteiger charge is -1.83. The summed E-state index contributed by atoms with van der Waals surface area (Å²) in [6, 6.07) is 1.41. The Morgan fingerprint density at radius 2 is 2.20 bits per heavy atom. The smallest absolute Gasteiger partial charge is 0.207 e. The van der Waals surface area contributed by atoms with Gasteiger partial charge >= 0.3 is 0 Å². The van der Waals surface area contributed by atoms with Gasteiger partial charge in [0.2, 0.25) is 0 Å². The predicted molar refractivity (Wildman–Crippen MR) is 44.6 cm³/mol. The van der Waals surface area contributed by atoms with E-state index in [1.54, 1.807) is 0 Å². The number of rotatable bonds is 1. The molecule has 0 spiro atoms. The molecule has 6 heteroatoms. The van der Waals surface area contributed by atoms with Gasteiger partial charge in [-0.15, -0.1) is 24.0 Å². The molecule has 0 aromatic carbocycles. The summed E-state index contributed by atoms with van der Waals surface area (Å²) in [6.07, 6.45) is 0. The molecule has 1 heterocycles. The van der Waals surface area contributed by atoms with Crippen LogP contribution in [0.25, 0.3) is 0 Å². The van der Waals surface area contributed by atoms with Crippen molar-refractivity contribution < 1.29 is 8.42 Å². The summed E-state index contributed by atoms with van der Waals surface area (Å²) in [7, 11) is 1.47. The standard InChI is InChI=1S/C4H3ClO2S3/c5-10(6,7)3-1-4(8)9-2-3/h1-2,8H. The summed E-state index contributed by atoms with van der Waals surface area (Å²) in [5, 5.41) is 1.45. The van der Waals surface area contributed by atoms with Crippen molar-refractivity contribution in [2.75, 3.05) is 0 Å². The van der Waals surface area contributed by atoms with E-state index in [9.17, 15) is 8.42 Å². The second kappa shape index (κ2) is 2.73. The highest BCUT2D eigenvalue weighted by molar-refractivity contribution is 8.13. The number of halogens is 1. The largest absolute Gasteiger partial charge is 0.262 e. The number of thiophene rings is 1. The van der Waals surface area contributed by atoms with Crippen LogP contribution in [0, 0.1) is 0 Å². The number of thiol groups is 1. The van der Waals surface area contributed by atoms with E-state index in [-0.39, 0.29) is 4.90 Å². The zero-order valence-electron chi connectivity index (χ0n) is 4.61. The van der Waals surface area contributed by atoms with Gasteiger partial charge in [-0.25, -0.2) is 8.42 Å². The van der Waals surface area contributed by atoms with Crippen LogP contribution in [0.2, 0.25) is 0 Å². The molecular weight excluding hydrogens is 212 g/mol. The summed E-state index contributed by atoms with van der Waals surface area (Å²) >= 11 is 5.16. The normalized spacial score (nSPS) is 11.8. The van der Waals surface area contributed by atoms with Gasteiger partial charge in [-0.1, -0.05) is 0 Å². The van der Waals surface area contributed by atoms with Gasteiger partial charge in [0, 0.05) is 16.1 Å². The second-order valence-electron chi connectivity index (χ2n) is 1.56. The first-order valence-corrected chi connectivity index (χ1v) is 5.86. The maximum absolute atomic E-state index is 10.6. The van der Waals surface area contributed by atoms with Gasteiger partial charge in [0.1, 0.15) is 0 Å². The van der Waals surface area contributed by atoms with Gasteiger partial charge in [0.05, 0.1) is 9.10 Å². The van der Waals surface area contributed by atoms with Gasteiger partial charge < -0.3 is 0 Å². The highest BCUT2D eigenvalue weighted by Crippen LogP contribution is 2.24. The van der Waals surface area contributed by atoms with Gasteiger partial charge in [-0.3, -0.25) is 0 Å². The lowest BCUT2D eigenvalue weighted by molar-refractivity contribution is 0.610. The fourth-order valence-electron chi connectivity index (χ4n) is 0.436. The highest BCUT2D eigenvalue weighted by atomic mass is 35.7. The van der Waals surface area contributed by atoms with Crippen LogP contribution in [0.5, 0.6) is 0 Å². The highest BCUT2D eigenvalue weighted by Gasteiger charge is 2.10. The Balaban J connectivity index is 3.21. The SMILES string of the molecule is O=S(=O)(Cl)c1csc(S)c1. The van der Waals surface area contributed by atoms with Gasteiger partial charge in [-0.2, -0.15) is 0 Å². The zero-order valence-corrected chi connectivity index (χ0v) is 7.90. The van der Waals surface area contributed by atoms with E-state index in [0.717, 1.165) is 0 Å². The van der Waals surface area contributed by atoms with Crippen LogP contribution >= 0.6 is 34.6 Å². The maximum atomic E-state index is 10.6. The summed E-state index contributed by atoms with van der Waals surface area (Å²) < 4.78 is 21.8. The van der Waals surface area contributed by atoms with Crippen molar-refractivity contribution in [3.05, 3.63) is 11.4 Å². The minimum absolute atomic E-state index is 0.115. The third-order valence-corrected chi connectivity index (χ3v) is 3.50. The van der Waals surface area contributed by atoms with Crippen LogP contribution in [-0.2, 0) is 9.05 Å². The Kier molecular flexibility index (Phi) is 2.29. The average Bonchev–Trinajstić information content (AvgIpc) is 2.11. The van der Waals surface area contributed by atoms with E-state index < -0.39 is 9.05 Å². The average molecular weight is 215 g/mol. The van der Waals surface area contributed by atoms with Gasteiger partial charge in [-0.05, 0) is 6.07 Å². The third kappa shape index (κ3) is 1.88. The van der Waals surface area contributed by atoms with Crippen molar-refractivity contribution >= 4 is 43.7 Å². The molecule has 0 fully saturated rings. The van der Waals surface area contributed by atoms with Gasteiger partial charge in [0.25, 0.3) is 9.05 Å². The Bertz CT molecular complexity index is 326. The first kappa shape index (κ1) is 8.39. The van der Waals surface area contributed by atoms with Crippen LogP contribution in [0.1, 0.15) is 0 Å². The second-order valence-corrected chi connectivity index (χ2v) is 5.82. The van der Waals surface area contributed by atoms with Crippen molar-refractivity contribution in [2.45, 2.75) is 9.10 Å². The quantitative estimate of drug-likeness (QED) is 0.573. The molecule has 0 amide bonds. The molecule has 0 radical (unpaired) electrons. The van der Waals surface area contributed by atoms with E-state index in [1.165, 1.54) is 22.8 Å².